The number of hydrogen-bond donors (Lipinski definition) is 2. The van der Waals surface area contributed by atoms with Gasteiger partial charge in [0.25, 0.3) is 0 Å². The van der Waals surface area contributed by atoms with Gasteiger partial charge in [0.05, 0.1) is 12.0 Å². The van der Waals surface area contributed by atoms with E-state index >= 15 is 0 Å². The first-order valence-electron chi connectivity index (χ1n) is 5.91. The highest BCUT2D eigenvalue weighted by molar-refractivity contribution is 5.99. The first kappa shape index (κ1) is 12.6. The second kappa shape index (κ2) is 4.78. The summed E-state index contributed by atoms with van der Waals surface area (Å²) in [5, 5.41) is 9.19. The van der Waals surface area contributed by atoms with Crippen LogP contribution in [0.4, 0.5) is 5.69 Å². The maximum absolute atomic E-state index is 12.0. The molecule has 18 heavy (non-hydrogen) atoms. The third kappa shape index (κ3) is 2.09. The fraction of sp³-hybridized carbons (Fsp3) is 0.385. The predicted molar refractivity (Wildman–Crippen MR) is 67.4 cm³/mol. The fourth-order valence-electron chi connectivity index (χ4n) is 2.29. The van der Waals surface area contributed by atoms with Crippen molar-refractivity contribution in [2.45, 2.75) is 25.3 Å². The van der Waals surface area contributed by atoms with Gasteiger partial charge in [-0.15, -0.1) is 0 Å². The van der Waals surface area contributed by atoms with Gasteiger partial charge in [0, 0.05) is 12.2 Å². The zero-order valence-corrected chi connectivity index (χ0v) is 10.2. The van der Waals surface area contributed by atoms with E-state index in [9.17, 15) is 14.7 Å². The van der Waals surface area contributed by atoms with Gasteiger partial charge in [-0.3, -0.25) is 9.59 Å². The van der Waals surface area contributed by atoms with Crippen LogP contribution in [-0.2, 0) is 9.59 Å². The van der Waals surface area contributed by atoms with Crippen molar-refractivity contribution in [3.8, 4) is 0 Å². The molecular formula is C13H16N2O3. The van der Waals surface area contributed by atoms with Crippen molar-refractivity contribution in [3.63, 3.8) is 0 Å². The average molecular weight is 248 g/mol. The Balaban J connectivity index is 2.42. The lowest BCUT2D eigenvalue weighted by atomic mass is 9.89. The van der Waals surface area contributed by atoms with Crippen LogP contribution in [0.15, 0.2) is 24.3 Å². The molecule has 1 aromatic rings. The minimum atomic E-state index is -0.852. The number of nitrogens with zero attached hydrogens (tertiary/aromatic N) is 1. The molecule has 2 rings (SSSR count). The summed E-state index contributed by atoms with van der Waals surface area (Å²) in [4.78, 5) is 24.8. The number of para-hydroxylation sites is 1. The summed E-state index contributed by atoms with van der Waals surface area (Å²) in [5.41, 5.74) is 6.96. The van der Waals surface area contributed by atoms with Crippen molar-refractivity contribution in [3.05, 3.63) is 29.8 Å². The van der Waals surface area contributed by atoms with Gasteiger partial charge >= 0.3 is 5.97 Å². The first-order valence-corrected chi connectivity index (χ1v) is 5.91. The summed E-state index contributed by atoms with van der Waals surface area (Å²) in [6.07, 6.45) is 0.421. The molecule has 0 aliphatic carbocycles. The predicted octanol–water partition coefficient (Wildman–Crippen LogP) is 0.939. The molecule has 0 spiro atoms. The van der Waals surface area contributed by atoms with E-state index < -0.39 is 17.9 Å². The molecule has 0 fully saturated rings. The molecule has 5 nitrogen and oxygen atoms in total. The largest absolute Gasteiger partial charge is 0.481 e. The second-order valence-corrected chi connectivity index (χ2v) is 4.52. The van der Waals surface area contributed by atoms with Gasteiger partial charge in [-0.2, -0.15) is 0 Å². The first-order chi connectivity index (χ1) is 8.52. The lowest BCUT2D eigenvalue weighted by Gasteiger charge is -2.33. The molecule has 1 aliphatic heterocycles. The topological polar surface area (TPSA) is 83.6 Å². The Morgan fingerprint density at radius 2 is 2.11 bits per heavy atom. The highest BCUT2D eigenvalue weighted by Crippen LogP contribution is 2.35. The molecule has 1 aliphatic rings. The van der Waals surface area contributed by atoms with Crippen LogP contribution in [-0.4, -0.2) is 29.6 Å². The second-order valence-electron chi connectivity index (χ2n) is 4.52. The standard InChI is InChI=1S/C13H16N2O3/c1-8(14)12(16)15-7-6-10(13(17)18)9-4-2-3-5-11(9)15/h2-5,8,10H,6-7,14H2,1H3,(H,17,18). The number of amides is 1. The number of fused-ring (bicyclic) bond motifs is 1. The molecule has 0 radical (unpaired) electrons. The molecule has 5 heteroatoms. The third-order valence-corrected chi connectivity index (χ3v) is 3.20. The SMILES string of the molecule is CC(N)C(=O)N1CCC(C(=O)O)c2ccccc21. The zero-order valence-electron chi connectivity index (χ0n) is 10.2. The number of carboxylic acids is 1. The Morgan fingerprint density at radius 3 is 2.72 bits per heavy atom. The molecule has 3 N–H and O–H groups in total. The van der Waals surface area contributed by atoms with Crippen molar-refractivity contribution >= 4 is 17.6 Å². The molecule has 0 bridgehead atoms. The number of aliphatic carboxylic acids is 1. The van der Waals surface area contributed by atoms with Crippen LogP contribution in [0.1, 0.15) is 24.8 Å². The average Bonchev–Trinajstić information content (AvgIpc) is 2.36. The van der Waals surface area contributed by atoms with Crippen LogP contribution in [0.2, 0.25) is 0 Å². The zero-order chi connectivity index (χ0) is 13.3. The van der Waals surface area contributed by atoms with Crippen LogP contribution in [0.25, 0.3) is 0 Å². The molecule has 0 saturated carbocycles. The maximum atomic E-state index is 12.0. The molecule has 1 heterocycles. The number of carbonyl (C=O) groups is 2. The number of carboxylic acid groups (broad SMARTS) is 1. The summed E-state index contributed by atoms with van der Waals surface area (Å²) in [5.74, 6) is -1.57. The van der Waals surface area contributed by atoms with Crippen molar-refractivity contribution in [2.24, 2.45) is 5.73 Å². The quantitative estimate of drug-likeness (QED) is 0.815. The van der Waals surface area contributed by atoms with E-state index in [2.05, 4.69) is 0 Å². The third-order valence-electron chi connectivity index (χ3n) is 3.20. The highest BCUT2D eigenvalue weighted by Gasteiger charge is 2.32. The number of carbonyl (C=O) groups excluding carboxylic acids is 1. The molecule has 0 aromatic heterocycles. The molecule has 1 amide bonds. The van der Waals surface area contributed by atoms with Gasteiger partial charge in [0.2, 0.25) is 5.91 Å². The van der Waals surface area contributed by atoms with E-state index in [-0.39, 0.29) is 5.91 Å². The minimum absolute atomic E-state index is 0.175. The summed E-state index contributed by atoms with van der Waals surface area (Å²) in [7, 11) is 0. The summed E-state index contributed by atoms with van der Waals surface area (Å²) in [6.45, 7) is 2.03. The Kier molecular flexibility index (Phi) is 3.34. The van der Waals surface area contributed by atoms with Crippen molar-refractivity contribution in [1.82, 2.24) is 0 Å². The number of rotatable bonds is 2. The highest BCUT2D eigenvalue weighted by atomic mass is 16.4. The van der Waals surface area contributed by atoms with Crippen LogP contribution in [0.5, 0.6) is 0 Å². The van der Waals surface area contributed by atoms with Gasteiger partial charge in [0.15, 0.2) is 0 Å². The lowest BCUT2D eigenvalue weighted by molar-refractivity contribution is -0.139. The van der Waals surface area contributed by atoms with Gasteiger partial charge < -0.3 is 15.7 Å². The summed E-state index contributed by atoms with van der Waals surface area (Å²) < 4.78 is 0. The number of hydrogen-bond acceptors (Lipinski definition) is 3. The van der Waals surface area contributed by atoms with Gasteiger partial charge in [-0.05, 0) is 25.0 Å². The van der Waals surface area contributed by atoms with Crippen molar-refractivity contribution in [1.29, 1.82) is 0 Å². The molecule has 96 valence electrons. The van der Waals surface area contributed by atoms with Crippen molar-refractivity contribution in [2.75, 3.05) is 11.4 Å². The summed E-state index contributed by atoms with van der Waals surface area (Å²) in [6, 6.07) is 6.53. The Bertz CT molecular complexity index is 485. The Labute approximate surface area is 105 Å². The Morgan fingerprint density at radius 1 is 1.44 bits per heavy atom. The number of anilines is 1. The molecule has 1 aromatic carbocycles. The van der Waals surface area contributed by atoms with E-state index in [1.807, 2.05) is 0 Å². The van der Waals surface area contributed by atoms with Crippen LogP contribution in [0.3, 0.4) is 0 Å². The Hall–Kier alpha value is -1.88. The van der Waals surface area contributed by atoms with Crippen LogP contribution < -0.4 is 10.6 Å². The van der Waals surface area contributed by atoms with Crippen LogP contribution >= 0.6 is 0 Å². The van der Waals surface area contributed by atoms with Gasteiger partial charge in [0.1, 0.15) is 0 Å². The van der Waals surface area contributed by atoms with E-state index in [0.717, 1.165) is 0 Å². The monoisotopic (exact) mass is 248 g/mol. The lowest BCUT2D eigenvalue weighted by Crippen LogP contribution is -2.45. The van der Waals surface area contributed by atoms with Gasteiger partial charge in [-0.1, -0.05) is 18.2 Å². The van der Waals surface area contributed by atoms with E-state index in [1.165, 1.54) is 0 Å². The summed E-state index contributed by atoms with van der Waals surface area (Å²) >= 11 is 0. The van der Waals surface area contributed by atoms with E-state index in [4.69, 9.17) is 5.73 Å². The maximum Gasteiger partial charge on any atom is 0.311 e. The smallest absolute Gasteiger partial charge is 0.311 e. The molecular weight excluding hydrogens is 232 g/mol. The van der Waals surface area contributed by atoms with E-state index in [1.54, 1.807) is 36.1 Å². The van der Waals surface area contributed by atoms with Crippen LogP contribution in [0, 0.1) is 0 Å². The molecule has 2 atom stereocenters. The van der Waals surface area contributed by atoms with E-state index in [0.29, 0.717) is 24.2 Å². The number of nitrogens with two attached hydrogens (primary N) is 1. The van der Waals surface area contributed by atoms with Gasteiger partial charge in [-0.25, -0.2) is 0 Å². The normalized spacial score (nSPS) is 20.1. The fourth-order valence-corrected chi connectivity index (χ4v) is 2.29. The molecule has 0 saturated heterocycles. The minimum Gasteiger partial charge on any atom is -0.481 e. The molecule has 2 unspecified atom stereocenters. The number of benzene rings is 1. The van der Waals surface area contributed by atoms with Crippen molar-refractivity contribution < 1.29 is 14.7 Å².